The van der Waals surface area contributed by atoms with Gasteiger partial charge in [0.1, 0.15) is 24.8 Å². The minimum absolute atomic E-state index is 0.250. The number of para-hydroxylation sites is 1. The zero-order chi connectivity index (χ0) is 25.1. The van der Waals surface area contributed by atoms with Crippen molar-refractivity contribution in [1.82, 2.24) is 14.8 Å². The van der Waals surface area contributed by atoms with Crippen molar-refractivity contribution in [2.75, 3.05) is 17.7 Å². The monoisotopic (exact) mass is 485 g/mol. The summed E-state index contributed by atoms with van der Waals surface area (Å²) < 4.78 is 26.4. The number of carbonyl (C=O) groups is 1. The van der Waals surface area contributed by atoms with Gasteiger partial charge in [-0.25, -0.2) is 9.07 Å². The van der Waals surface area contributed by atoms with Crippen LogP contribution >= 0.6 is 0 Å². The normalized spacial score (nSPS) is 14.6. The maximum atomic E-state index is 13.4. The molecule has 0 fully saturated rings. The van der Waals surface area contributed by atoms with E-state index in [1.807, 2.05) is 49.4 Å². The molecule has 182 valence electrons. The average Bonchev–Trinajstić information content (AvgIpc) is 3.36. The van der Waals surface area contributed by atoms with Gasteiger partial charge < -0.3 is 20.1 Å². The molecule has 1 aliphatic rings. The van der Waals surface area contributed by atoms with Crippen LogP contribution in [0.4, 0.5) is 16.0 Å². The molecule has 2 N–H and O–H groups in total. The second-order valence-electron chi connectivity index (χ2n) is 8.24. The molecule has 8 nitrogen and oxygen atoms in total. The maximum Gasteiger partial charge on any atom is 0.255 e. The van der Waals surface area contributed by atoms with Crippen LogP contribution < -0.4 is 20.1 Å². The van der Waals surface area contributed by atoms with E-state index in [1.165, 1.54) is 18.5 Å². The van der Waals surface area contributed by atoms with Gasteiger partial charge in [-0.1, -0.05) is 36.4 Å². The van der Waals surface area contributed by atoms with E-state index in [2.05, 4.69) is 20.7 Å². The predicted octanol–water partition coefficient (Wildman–Crippen LogP) is 4.93. The molecule has 1 amide bonds. The van der Waals surface area contributed by atoms with Crippen LogP contribution in [0, 0.1) is 5.82 Å². The fourth-order valence-corrected chi connectivity index (χ4v) is 4.13. The van der Waals surface area contributed by atoms with Crippen molar-refractivity contribution in [3.05, 3.63) is 107 Å². The lowest BCUT2D eigenvalue weighted by molar-refractivity contribution is -0.113. The van der Waals surface area contributed by atoms with Gasteiger partial charge in [0.25, 0.3) is 5.91 Å². The van der Waals surface area contributed by atoms with Crippen molar-refractivity contribution < 1.29 is 18.7 Å². The van der Waals surface area contributed by atoms with E-state index in [0.717, 1.165) is 11.1 Å². The molecular weight excluding hydrogens is 461 g/mol. The Hall–Kier alpha value is -4.66. The molecular formula is C27H24FN5O3. The first-order valence-electron chi connectivity index (χ1n) is 11.3. The Bertz CT molecular complexity index is 1420. The second kappa shape index (κ2) is 9.91. The fraction of sp³-hybridized carbons (Fsp3) is 0.148. The number of ether oxygens (including phenoxy) is 2. The van der Waals surface area contributed by atoms with Crippen molar-refractivity contribution in [3.63, 3.8) is 0 Å². The molecule has 1 atom stereocenters. The Morgan fingerprint density at radius 2 is 1.86 bits per heavy atom. The van der Waals surface area contributed by atoms with E-state index in [4.69, 9.17) is 9.47 Å². The zero-order valence-electron chi connectivity index (χ0n) is 19.7. The minimum Gasteiger partial charge on any atom is -0.493 e. The second-order valence-corrected chi connectivity index (χ2v) is 8.24. The molecule has 0 bridgehead atoms. The molecule has 0 radical (unpaired) electrons. The van der Waals surface area contributed by atoms with E-state index >= 15 is 0 Å². The van der Waals surface area contributed by atoms with Crippen LogP contribution in [0.1, 0.15) is 24.1 Å². The van der Waals surface area contributed by atoms with Gasteiger partial charge in [0.05, 0.1) is 12.7 Å². The molecule has 0 unspecified atom stereocenters. The smallest absolute Gasteiger partial charge is 0.255 e. The van der Waals surface area contributed by atoms with Gasteiger partial charge in [-0.05, 0) is 54.4 Å². The van der Waals surface area contributed by atoms with Crippen LogP contribution in [0.5, 0.6) is 11.5 Å². The average molecular weight is 486 g/mol. The summed E-state index contributed by atoms with van der Waals surface area (Å²) in [4.78, 5) is 17.7. The van der Waals surface area contributed by atoms with Crippen LogP contribution in [0.15, 0.2) is 90.4 Å². The van der Waals surface area contributed by atoms with Gasteiger partial charge in [0.2, 0.25) is 5.95 Å². The Balaban J connectivity index is 1.47. The lowest BCUT2D eigenvalue weighted by Gasteiger charge is -2.29. The number of halogens is 1. The number of anilines is 2. The van der Waals surface area contributed by atoms with Gasteiger partial charge >= 0.3 is 0 Å². The first kappa shape index (κ1) is 23.1. The van der Waals surface area contributed by atoms with Crippen molar-refractivity contribution in [3.8, 4) is 11.5 Å². The van der Waals surface area contributed by atoms with Gasteiger partial charge in [-0.3, -0.25) is 4.79 Å². The summed E-state index contributed by atoms with van der Waals surface area (Å²) in [6.45, 7) is 2.09. The lowest BCUT2D eigenvalue weighted by atomic mass is 9.94. The highest BCUT2D eigenvalue weighted by molar-refractivity contribution is 6.06. The number of benzene rings is 3. The zero-order valence-corrected chi connectivity index (χ0v) is 19.7. The van der Waals surface area contributed by atoms with Crippen molar-refractivity contribution in [1.29, 1.82) is 0 Å². The molecule has 2 heterocycles. The van der Waals surface area contributed by atoms with Crippen LogP contribution in [0.25, 0.3) is 0 Å². The summed E-state index contributed by atoms with van der Waals surface area (Å²) in [5, 5.41) is 10.5. The summed E-state index contributed by atoms with van der Waals surface area (Å²) in [7, 11) is 1.55. The fourth-order valence-electron chi connectivity index (χ4n) is 4.13. The number of rotatable bonds is 7. The highest BCUT2D eigenvalue weighted by atomic mass is 19.1. The third kappa shape index (κ3) is 4.63. The molecule has 9 heteroatoms. The highest BCUT2D eigenvalue weighted by Crippen LogP contribution is 2.39. The van der Waals surface area contributed by atoms with Gasteiger partial charge in [0.15, 0.2) is 11.5 Å². The van der Waals surface area contributed by atoms with E-state index in [-0.39, 0.29) is 18.3 Å². The topological polar surface area (TPSA) is 90.3 Å². The Kier molecular flexibility index (Phi) is 6.36. The number of fused-ring (bicyclic) bond motifs is 1. The number of nitrogens with one attached hydrogen (secondary N) is 2. The Labute approximate surface area is 207 Å². The molecule has 0 saturated carbocycles. The largest absolute Gasteiger partial charge is 0.493 e. The Morgan fingerprint density at radius 3 is 2.61 bits per heavy atom. The number of aromatic nitrogens is 3. The molecule has 0 aliphatic carbocycles. The van der Waals surface area contributed by atoms with Crippen LogP contribution in [0.2, 0.25) is 0 Å². The van der Waals surface area contributed by atoms with Gasteiger partial charge in [0, 0.05) is 11.4 Å². The summed E-state index contributed by atoms with van der Waals surface area (Å²) in [5.74, 6) is 0.993. The quantitative estimate of drug-likeness (QED) is 0.386. The molecule has 3 aromatic carbocycles. The molecule has 0 spiro atoms. The first-order valence-corrected chi connectivity index (χ1v) is 11.3. The lowest BCUT2D eigenvalue weighted by Crippen LogP contribution is -2.31. The third-order valence-corrected chi connectivity index (χ3v) is 5.88. The van der Waals surface area contributed by atoms with Gasteiger partial charge in [-0.15, -0.1) is 0 Å². The number of methoxy groups -OCH3 is 1. The first-order chi connectivity index (χ1) is 17.5. The standard InChI is InChI=1S/C27H24FN5O3/c1-17-24(26(34)32-21-6-4-3-5-7-21)25(33-27(31-17)29-16-30-33)19-10-13-22(23(14-19)35-2)36-15-18-8-11-20(28)12-9-18/h3-14,16,25H,15H2,1-2H3,(H,32,34)(H,29,30,31)/t25-/m0/s1. The van der Waals surface area contributed by atoms with Crippen LogP contribution in [-0.2, 0) is 11.4 Å². The number of amides is 1. The predicted molar refractivity (Wildman–Crippen MR) is 133 cm³/mol. The Morgan fingerprint density at radius 1 is 1.08 bits per heavy atom. The molecule has 4 aromatic rings. The molecule has 1 aliphatic heterocycles. The summed E-state index contributed by atoms with van der Waals surface area (Å²) in [6.07, 6.45) is 1.44. The third-order valence-electron chi connectivity index (χ3n) is 5.88. The van der Waals surface area contributed by atoms with E-state index in [0.29, 0.717) is 34.4 Å². The van der Waals surface area contributed by atoms with Crippen molar-refractivity contribution in [2.45, 2.75) is 19.6 Å². The molecule has 0 saturated heterocycles. The van der Waals surface area contributed by atoms with Crippen molar-refractivity contribution in [2.24, 2.45) is 0 Å². The van der Waals surface area contributed by atoms with Gasteiger partial charge in [-0.2, -0.15) is 10.1 Å². The van der Waals surface area contributed by atoms with E-state index < -0.39 is 6.04 Å². The number of nitrogens with zero attached hydrogens (tertiary/aromatic N) is 3. The summed E-state index contributed by atoms with van der Waals surface area (Å²) >= 11 is 0. The summed E-state index contributed by atoms with van der Waals surface area (Å²) in [5.41, 5.74) is 3.45. The number of allylic oxidation sites excluding steroid dienone is 1. The molecule has 5 rings (SSSR count). The van der Waals surface area contributed by atoms with E-state index in [9.17, 15) is 9.18 Å². The highest BCUT2D eigenvalue weighted by Gasteiger charge is 2.34. The SMILES string of the molecule is COc1cc([C@H]2C(C(=O)Nc3ccccc3)=C(C)Nc3ncnn32)ccc1OCc1ccc(F)cc1. The minimum atomic E-state index is -0.549. The number of carbonyl (C=O) groups excluding carboxylic acids is 1. The molecule has 36 heavy (non-hydrogen) atoms. The van der Waals surface area contributed by atoms with E-state index in [1.54, 1.807) is 30.0 Å². The number of hydrogen-bond acceptors (Lipinski definition) is 6. The number of hydrogen-bond donors (Lipinski definition) is 2. The maximum absolute atomic E-state index is 13.4. The van der Waals surface area contributed by atoms with Crippen LogP contribution in [0.3, 0.4) is 0 Å². The summed E-state index contributed by atoms with van der Waals surface area (Å²) in [6, 6.07) is 20.3. The van der Waals surface area contributed by atoms with Crippen LogP contribution in [-0.4, -0.2) is 27.8 Å². The van der Waals surface area contributed by atoms with Crippen molar-refractivity contribution >= 4 is 17.5 Å². The molecule has 1 aromatic heterocycles.